The van der Waals surface area contributed by atoms with E-state index in [-0.39, 0.29) is 23.3 Å². The zero-order valence-electron chi connectivity index (χ0n) is 16.0. The highest BCUT2D eigenvalue weighted by molar-refractivity contribution is 7.91. The smallest absolute Gasteiger partial charge is 0.189 e. The van der Waals surface area contributed by atoms with Crippen LogP contribution in [-0.2, 0) is 9.84 Å². The van der Waals surface area contributed by atoms with Crippen LogP contribution in [0, 0.1) is 20.8 Å². The summed E-state index contributed by atoms with van der Waals surface area (Å²) < 4.78 is 30.6. The van der Waals surface area contributed by atoms with Crippen LogP contribution in [0.4, 0.5) is 0 Å². The Balaban J connectivity index is 1.88. The van der Waals surface area contributed by atoms with Crippen LogP contribution in [0.15, 0.2) is 24.3 Å². The number of nitrogens with zero attached hydrogens (tertiary/aromatic N) is 2. The third-order valence-corrected chi connectivity index (χ3v) is 6.71. The van der Waals surface area contributed by atoms with Gasteiger partial charge in [0.25, 0.3) is 0 Å². The molecule has 1 aliphatic heterocycles. The van der Waals surface area contributed by atoms with Gasteiger partial charge in [0.05, 0.1) is 35.9 Å². The van der Waals surface area contributed by atoms with E-state index in [1.807, 2.05) is 26.8 Å². The van der Waals surface area contributed by atoms with Gasteiger partial charge in [0.15, 0.2) is 15.6 Å². The third kappa shape index (κ3) is 3.98. The molecule has 0 bridgehead atoms. The summed E-state index contributed by atoms with van der Waals surface area (Å²) in [6.45, 7) is 5.70. The number of ketones is 1. The van der Waals surface area contributed by atoms with Crippen LogP contribution in [0.1, 0.15) is 45.3 Å². The van der Waals surface area contributed by atoms with Gasteiger partial charge in [-0.2, -0.15) is 5.10 Å². The molecule has 0 aliphatic carbocycles. The Bertz CT molecular complexity index is 1020. The van der Waals surface area contributed by atoms with Crippen LogP contribution < -0.4 is 4.74 Å². The maximum absolute atomic E-state index is 12.6. The first-order valence-electron chi connectivity index (χ1n) is 8.85. The number of ether oxygens (including phenoxy) is 1. The molecular weight excluding hydrogens is 364 g/mol. The van der Waals surface area contributed by atoms with Gasteiger partial charge in [-0.1, -0.05) is 11.6 Å². The van der Waals surface area contributed by atoms with Gasteiger partial charge in [-0.25, -0.2) is 8.42 Å². The number of benzene rings is 1. The Morgan fingerprint density at radius 2 is 2.04 bits per heavy atom. The van der Waals surface area contributed by atoms with E-state index in [0.717, 1.165) is 22.5 Å². The molecule has 2 aromatic rings. The molecule has 144 valence electrons. The van der Waals surface area contributed by atoms with Gasteiger partial charge in [-0.05, 0) is 51.5 Å². The van der Waals surface area contributed by atoms with Gasteiger partial charge in [-0.3, -0.25) is 9.48 Å². The minimum absolute atomic E-state index is 0.123. The van der Waals surface area contributed by atoms with E-state index in [4.69, 9.17) is 4.74 Å². The molecule has 0 saturated carbocycles. The summed E-state index contributed by atoms with van der Waals surface area (Å²) in [7, 11) is -1.44. The van der Waals surface area contributed by atoms with Crippen LogP contribution >= 0.6 is 0 Å². The van der Waals surface area contributed by atoms with E-state index < -0.39 is 9.84 Å². The van der Waals surface area contributed by atoms with E-state index in [9.17, 15) is 13.2 Å². The zero-order valence-corrected chi connectivity index (χ0v) is 16.8. The van der Waals surface area contributed by atoms with Crippen molar-refractivity contribution in [1.29, 1.82) is 0 Å². The van der Waals surface area contributed by atoms with Gasteiger partial charge in [0.1, 0.15) is 5.75 Å². The van der Waals surface area contributed by atoms with Gasteiger partial charge < -0.3 is 4.74 Å². The predicted molar refractivity (Wildman–Crippen MR) is 105 cm³/mol. The lowest BCUT2D eigenvalue weighted by Crippen LogP contribution is -2.13. The van der Waals surface area contributed by atoms with Crippen LogP contribution in [0.2, 0.25) is 0 Å². The number of rotatable bonds is 5. The second-order valence-corrected chi connectivity index (χ2v) is 9.22. The maximum atomic E-state index is 12.6. The van der Waals surface area contributed by atoms with Crippen molar-refractivity contribution in [3.05, 3.63) is 52.4 Å². The lowest BCUT2D eigenvalue weighted by atomic mass is 10.0. The number of allylic oxidation sites excluding steroid dienone is 1. The molecule has 1 fully saturated rings. The van der Waals surface area contributed by atoms with Crippen molar-refractivity contribution in [1.82, 2.24) is 9.78 Å². The number of sulfone groups is 1. The minimum Gasteiger partial charge on any atom is -0.496 e. The summed E-state index contributed by atoms with van der Waals surface area (Å²) in [5.41, 5.74) is 3.99. The number of carbonyl (C=O) groups is 1. The van der Waals surface area contributed by atoms with Crippen molar-refractivity contribution in [2.45, 2.75) is 33.2 Å². The highest BCUT2D eigenvalue weighted by Crippen LogP contribution is 2.27. The normalized spacial score (nSPS) is 18.9. The Hall–Kier alpha value is -2.41. The fourth-order valence-electron chi connectivity index (χ4n) is 3.50. The molecule has 1 saturated heterocycles. The van der Waals surface area contributed by atoms with Crippen molar-refractivity contribution in [3.8, 4) is 5.75 Å². The van der Waals surface area contributed by atoms with Crippen molar-refractivity contribution >= 4 is 21.7 Å². The second kappa shape index (κ2) is 7.31. The Morgan fingerprint density at radius 3 is 2.67 bits per heavy atom. The van der Waals surface area contributed by atoms with E-state index >= 15 is 0 Å². The topological polar surface area (TPSA) is 78.3 Å². The van der Waals surface area contributed by atoms with Gasteiger partial charge >= 0.3 is 0 Å². The summed E-state index contributed by atoms with van der Waals surface area (Å²) in [4.78, 5) is 12.6. The number of aryl methyl sites for hydroxylation is 2. The number of aromatic nitrogens is 2. The maximum Gasteiger partial charge on any atom is 0.189 e. The molecule has 3 rings (SSSR count). The first kappa shape index (κ1) is 19.4. The summed E-state index contributed by atoms with van der Waals surface area (Å²) >= 11 is 0. The summed E-state index contributed by atoms with van der Waals surface area (Å²) in [5.74, 6) is 0.714. The number of carbonyl (C=O) groups excluding carboxylic acids is 1. The molecule has 0 radical (unpaired) electrons. The average Bonchev–Trinajstić information content (AvgIpc) is 3.11. The van der Waals surface area contributed by atoms with E-state index in [1.165, 1.54) is 6.08 Å². The van der Waals surface area contributed by atoms with Crippen molar-refractivity contribution in [2.24, 2.45) is 0 Å². The van der Waals surface area contributed by atoms with Crippen molar-refractivity contribution < 1.29 is 17.9 Å². The number of hydrogen-bond donors (Lipinski definition) is 0. The number of hydrogen-bond acceptors (Lipinski definition) is 5. The van der Waals surface area contributed by atoms with Gasteiger partial charge in [0.2, 0.25) is 0 Å². The van der Waals surface area contributed by atoms with Crippen molar-refractivity contribution in [3.63, 3.8) is 0 Å². The Labute approximate surface area is 159 Å². The average molecular weight is 388 g/mol. The first-order chi connectivity index (χ1) is 12.7. The van der Waals surface area contributed by atoms with Gasteiger partial charge in [-0.15, -0.1) is 0 Å². The van der Waals surface area contributed by atoms with Crippen molar-refractivity contribution in [2.75, 3.05) is 18.6 Å². The summed E-state index contributed by atoms with van der Waals surface area (Å²) in [5, 5.41) is 4.52. The highest BCUT2D eigenvalue weighted by atomic mass is 32.2. The SMILES string of the molecule is COc1ccc(C)cc1C(=O)/C=C/c1c(C)nn([C@H]2CCS(=O)(=O)C2)c1C. The van der Waals surface area contributed by atoms with E-state index in [0.29, 0.717) is 17.7 Å². The molecule has 1 aliphatic rings. The fourth-order valence-corrected chi connectivity index (χ4v) is 5.20. The Morgan fingerprint density at radius 1 is 1.30 bits per heavy atom. The molecule has 6 nitrogen and oxygen atoms in total. The summed E-state index contributed by atoms with van der Waals surface area (Å²) in [6.07, 6.45) is 3.85. The second-order valence-electron chi connectivity index (χ2n) is 6.99. The molecule has 1 atom stereocenters. The lowest BCUT2D eigenvalue weighted by molar-refractivity contribution is 0.104. The monoisotopic (exact) mass is 388 g/mol. The molecule has 27 heavy (non-hydrogen) atoms. The summed E-state index contributed by atoms with van der Waals surface area (Å²) in [6, 6.07) is 5.35. The van der Waals surface area contributed by atoms with Crippen LogP contribution in [0.5, 0.6) is 5.75 Å². The molecule has 0 unspecified atom stereocenters. The van der Waals surface area contributed by atoms with Gasteiger partial charge in [0, 0.05) is 11.3 Å². The van der Waals surface area contributed by atoms with Crippen LogP contribution in [0.3, 0.4) is 0 Å². The lowest BCUT2D eigenvalue weighted by Gasteiger charge is -2.11. The zero-order chi connectivity index (χ0) is 19.8. The third-order valence-electron chi connectivity index (χ3n) is 4.96. The molecule has 0 N–H and O–H groups in total. The molecule has 2 heterocycles. The predicted octanol–water partition coefficient (Wildman–Crippen LogP) is 3.07. The molecule has 0 amide bonds. The van der Waals surface area contributed by atoms with E-state index in [1.54, 1.807) is 30.0 Å². The minimum atomic E-state index is -2.98. The van der Waals surface area contributed by atoms with E-state index in [2.05, 4.69) is 5.10 Å². The highest BCUT2D eigenvalue weighted by Gasteiger charge is 2.31. The van der Waals surface area contributed by atoms with Crippen LogP contribution in [-0.4, -0.2) is 42.6 Å². The first-order valence-corrected chi connectivity index (χ1v) is 10.7. The molecule has 1 aromatic carbocycles. The molecule has 1 aromatic heterocycles. The standard InChI is InChI=1S/C20H24N2O4S/c1-13-5-8-20(26-4)18(11-13)19(23)7-6-17-14(2)21-22(15(17)3)16-9-10-27(24,25)12-16/h5-8,11,16H,9-10,12H2,1-4H3/b7-6+/t16-/m0/s1. The fraction of sp³-hybridized carbons (Fsp3) is 0.400. The molecule has 0 spiro atoms. The molecule has 7 heteroatoms. The molecular formula is C20H24N2O4S. The number of methoxy groups -OCH3 is 1. The largest absolute Gasteiger partial charge is 0.496 e. The van der Waals surface area contributed by atoms with Crippen LogP contribution in [0.25, 0.3) is 6.08 Å². The Kier molecular flexibility index (Phi) is 5.24. The quantitative estimate of drug-likeness (QED) is 0.581.